The van der Waals surface area contributed by atoms with Gasteiger partial charge in [0.05, 0.1) is 5.60 Å². The first kappa shape index (κ1) is 17.1. The zero-order valence-corrected chi connectivity index (χ0v) is 13.1. The van der Waals surface area contributed by atoms with Crippen molar-refractivity contribution in [2.45, 2.75) is 71.1 Å². The maximum atomic E-state index is 12.8. The minimum absolute atomic E-state index is 0.186. The summed E-state index contributed by atoms with van der Waals surface area (Å²) in [5.41, 5.74) is 0.578. The topological polar surface area (TPSA) is 32.3 Å². The van der Waals surface area contributed by atoms with Crippen LogP contribution in [0.3, 0.4) is 0 Å². The average Bonchev–Trinajstić information content (AvgIpc) is 2.30. The fraction of sp³-hybridized carbons (Fsp3) is 0.647. The van der Waals surface area contributed by atoms with Crippen molar-refractivity contribution in [3.8, 4) is 0 Å². The Morgan fingerprint density at radius 2 is 1.75 bits per heavy atom. The molecule has 3 heteroatoms. The van der Waals surface area contributed by atoms with Crippen molar-refractivity contribution in [2.24, 2.45) is 0 Å². The molecule has 114 valence electrons. The quantitative estimate of drug-likeness (QED) is 0.762. The van der Waals surface area contributed by atoms with Crippen molar-refractivity contribution < 1.29 is 9.50 Å². The number of halogens is 1. The number of hydrogen-bond donors (Lipinski definition) is 2. The van der Waals surface area contributed by atoms with Crippen LogP contribution < -0.4 is 5.32 Å². The SMILES string of the molecule is C[C@H](CCCC(C)(C)O)N[C@H](C)Cc1ccc(F)cc1. The molecule has 1 rings (SSSR count). The number of rotatable bonds is 8. The van der Waals surface area contributed by atoms with Crippen LogP contribution in [0.25, 0.3) is 0 Å². The third kappa shape index (κ3) is 7.61. The number of nitrogens with one attached hydrogen (secondary N) is 1. The molecular weight excluding hydrogens is 253 g/mol. The van der Waals surface area contributed by atoms with Crippen LogP contribution in [0.15, 0.2) is 24.3 Å². The van der Waals surface area contributed by atoms with Gasteiger partial charge in [0, 0.05) is 12.1 Å². The molecule has 0 bridgehead atoms. The lowest BCUT2D eigenvalue weighted by Gasteiger charge is -2.22. The summed E-state index contributed by atoms with van der Waals surface area (Å²) in [6, 6.07) is 7.48. The van der Waals surface area contributed by atoms with E-state index in [4.69, 9.17) is 0 Å². The molecule has 0 unspecified atom stereocenters. The van der Waals surface area contributed by atoms with E-state index in [0.717, 1.165) is 31.2 Å². The van der Waals surface area contributed by atoms with Crippen LogP contribution in [-0.4, -0.2) is 22.8 Å². The minimum atomic E-state index is -0.570. The van der Waals surface area contributed by atoms with Crippen molar-refractivity contribution in [1.82, 2.24) is 5.32 Å². The second-order valence-electron chi connectivity index (χ2n) is 6.50. The van der Waals surface area contributed by atoms with Gasteiger partial charge in [0.1, 0.15) is 5.82 Å². The second-order valence-corrected chi connectivity index (χ2v) is 6.50. The van der Waals surface area contributed by atoms with Gasteiger partial charge in [-0.1, -0.05) is 12.1 Å². The Hall–Kier alpha value is -0.930. The summed E-state index contributed by atoms with van der Waals surface area (Å²) in [5.74, 6) is -0.186. The van der Waals surface area contributed by atoms with Gasteiger partial charge in [-0.3, -0.25) is 0 Å². The van der Waals surface area contributed by atoms with Gasteiger partial charge in [-0.05, 0) is 71.1 Å². The van der Waals surface area contributed by atoms with E-state index in [1.54, 1.807) is 0 Å². The minimum Gasteiger partial charge on any atom is -0.390 e. The molecule has 0 fully saturated rings. The fourth-order valence-electron chi connectivity index (χ4n) is 2.44. The first-order valence-corrected chi connectivity index (χ1v) is 7.49. The van der Waals surface area contributed by atoms with Crippen LogP contribution in [-0.2, 0) is 6.42 Å². The van der Waals surface area contributed by atoms with Gasteiger partial charge in [-0.25, -0.2) is 4.39 Å². The Morgan fingerprint density at radius 1 is 1.15 bits per heavy atom. The Kier molecular flexibility index (Phi) is 6.63. The van der Waals surface area contributed by atoms with Gasteiger partial charge in [0.2, 0.25) is 0 Å². The lowest BCUT2D eigenvalue weighted by molar-refractivity contribution is 0.0674. The summed E-state index contributed by atoms with van der Waals surface area (Å²) < 4.78 is 12.8. The van der Waals surface area contributed by atoms with Crippen molar-refractivity contribution in [3.05, 3.63) is 35.6 Å². The molecule has 0 saturated carbocycles. The van der Waals surface area contributed by atoms with Gasteiger partial charge >= 0.3 is 0 Å². The summed E-state index contributed by atoms with van der Waals surface area (Å²) in [6.07, 6.45) is 3.79. The van der Waals surface area contributed by atoms with E-state index in [9.17, 15) is 9.50 Å². The highest BCUT2D eigenvalue weighted by atomic mass is 19.1. The standard InChI is InChI=1S/C17H28FNO/c1-13(6-5-11-17(3,4)20)19-14(2)12-15-7-9-16(18)10-8-15/h7-10,13-14,19-20H,5-6,11-12H2,1-4H3/t13-,14-/m1/s1. The molecule has 0 saturated heterocycles. The molecule has 2 atom stereocenters. The highest BCUT2D eigenvalue weighted by molar-refractivity contribution is 5.17. The van der Waals surface area contributed by atoms with E-state index in [0.29, 0.717) is 12.1 Å². The number of aliphatic hydroxyl groups is 1. The van der Waals surface area contributed by atoms with Crippen LogP contribution in [0.5, 0.6) is 0 Å². The molecular formula is C17H28FNO. The lowest BCUT2D eigenvalue weighted by atomic mass is 9.99. The first-order valence-electron chi connectivity index (χ1n) is 7.49. The van der Waals surface area contributed by atoms with E-state index in [1.807, 2.05) is 26.0 Å². The molecule has 0 aliphatic carbocycles. The van der Waals surface area contributed by atoms with E-state index < -0.39 is 5.60 Å². The summed E-state index contributed by atoms with van der Waals surface area (Å²) in [7, 11) is 0. The monoisotopic (exact) mass is 281 g/mol. The lowest BCUT2D eigenvalue weighted by Crippen LogP contribution is -2.36. The summed E-state index contributed by atoms with van der Waals surface area (Å²) >= 11 is 0. The second kappa shape index (κ2) is 7.75. The first-order chi connectivity index (χ1) is 9.26. The predicted octanol–water partition coefficient (Wildman–Crippen LogP) is 3.68. The Balaban J connectivity index is 2.27. The molecule has 2 N–H and O–H groups in total. The van der Waals surface area contributed by atoms with Gasteiger partial charge in [-0.15, -0.1) is 0 Å². The Bertz CT molecular complexity index is 383. The summed E-state index contributed by atoms with van der Waals surface area (Å²) in [6.45, 7) is 8.02. The molecule has 0 aliphatic rings. The van der Waals surface area contributed by atoms with Crippen molar-refractivity contribution in [3.63, 3.8) is 0 Å². The summed E-state index contributed by atoms with van der Waals surface area (Å²) in [4.78, 5) is 0. The maximum Gasteiger partial charge on any atom is 0.123 e. The molecule has 1 aromatic rings. The van der Waals surface area contributed by atoms with E-state index in [-0.39, 0.29) is 5.82 Å². The van der Waals surface area contributed by atoms with Crippen molar-refractivity contribution in [1.29, 1.82) is 0 Å². The number of hydrogen-bond acceptors (Lipinski definition) is 2. The molecule has 20 heavy (non-hydrogen) atoms. The molecule has 2 nitrogen and oxygen atoms in total. The zero-order chi connectivity index (χ0) is 15.2. The number of benzene rings is 1. The molecule has 0 amide bonds. The largest absolute Gasteiger partial charge is 0.390 e. The molecule has 0 radical (unpaired) electrons. The normalized spacial score (nSPS) is 15.1. The maximum absolute atomic E-state index is 12.8. The molecule has 0 aromatic heterocycles. The third-order valence-electron chi connectivity index (χ3n) is 3.45. The van der Waals surface area contributed by atoms with Crippen LogP contribution in [0.4, 0.5) is 4.39 Å². The van der Waals surface area contributed by atoms with E-state index in [1.165, 1.54) is 12.1 Å². The Morgan fingerprint density at radius 3 is 2.30 bits per heavy atom. The van der Waals surface area contributed by atoms with E-state index >= 15 is 0 Å². The van der Waals surface area contributed by atoms with Gasteiger partial charge in [-0.2, -0.15) is 0 Å². The molecule has 0 spiro atoms. The molecule has 1 aromatic carbocycles. The molecule has 0 heterocycles. The summed E-state index contributed by atoms with van der Waals surface area (Å²) in [5, 5.41) is 13.2. The van der Waals surface area contributed by atoms with Crippen LogP contribution in [0.1, 0.15) is 52.5 Å². The van der Waals surface area contributed by atoms with Crippen LogP contribution >= 0.6 is 0 Å². The fourth-order valence-corrected chi connectivity index (χ4v) is 2.44. The van der Waals surface area contributed by atoms with Crippen LogP contribution in [0, 0.1) is 5.82 Å². The molecule has 0 aliphatic heterocycles. The van der Waals surface area contributed by atoms with Crippen molar-refractivity contribution in [2.75, 3.05) is 0 Å². The average molecular weight is 281 g/mol. The van der Waals surface area contributed by atoms with Crippen molar-refractivity contribution >= 4 is 0 Å². The predicted molar refractivity (Wildman–Crippen MR) is 82.3 cm³/mol. The van der Waals surface area contributed by atoms with Crippen LogP contribution in [0.2, 0.25) is 0 Å². The highest BCUT2D eigenvalue weighted by Gasteiger charge is 2.13. The van der Waals surface area contributed by atoms with Gasteiger partial charge < -0.3 is 10.4 Å². The smallest absolute Gasteiger partial charge is 0.123 e. The van der Waals surface area contributed by atoms with E-state index in [2.05, 4.69) is 19.2 Å². The Labute approximate surface area is 122 Å². The third-order valence-corrected chi connectivity index (χ3v) is 3.45. The van der Waals surface area contributed by atoms with Gasteiger partial charge in [0.15, 0.2) is 0 Å². The highest BCUT2D eigenvalue weighted by Crippen LogP contribution is 2.13. The van der Waals surface area contributed by atoms with Gasteiger partial charge in [0.25, 0.3) is 0 Å². The zero-order valence-electron chi connectivity index (χ0n) is 13.1.